The predicted octanol–water partition coefficient (Wildman–Crippen LogP) is 3.31. The zero-order valence-corrected chi connectivity index (χ0v) is 13.7. The van der Waals surface area contributed by atoms with Crippen molar-refractivity contribution in [2.24, 2.45) is 0 Å². The first kappa shape index (κ1) is 16.6. The summed E-state index contributed by atoms with van der Waals surface area (Å²) in [5, 5.41) is 12.9. The van der Waals surface area contributed by atoms with Crippen LogP contribution in [0.1, 0.15) is 22.8 Å². The third-order valence-electron chi connectivity index (χ3n) is 3.40. The molecule has 0 fully saturated rings. The van der Waals surface area contributed by atoms with Crippen LogP contribution in [0.25, 0.3) is 0 Å². The minimum Gasteiger partial charge on any atom is -0.391 e. The summed E-state index contributed by atoms with van der Waals surface area (Å²) in [5.41, 5.74) is 1.20. The third-order valence-corrected chi connectivity index (χ3v) is 4.09. The number of benzene rings is 2. The Morgan fingerprint density at radius 2 is 1.95 bits per heavy atom. The maximum Gasteiger partial charge on any atom is 0.252 e. The van der Waals surface area contributed by atoms with E-state index in [0.717, 1.165) is 11.6 Å². The Balaban J connectivity index is 2.00. The summed E-state index contributed by atoms with van der Waals surface area (Å²) in [5.74, 6) is -0.906. The smallest absolute Gasteiger partial charge is 0.252 e. The number of carbonyl (C=O) groups excluding carboxylic acids is 1. The molecule has 2 atom stereocenters. The number of carbonyl (C=O) groups is 1. The number of hydrogen-bond acceptors (Lipinski definition) is 2. The van der Waals surface area contributed by atoms with Crippen molar-refractivity contribution in [3.05, 3.63) is 69.9 Å². The second-order valence-electron chi connectivity index (χ2n) is 5.14. The molecule has 2 rings (SSSR count). The molecule has 0 bridgehead atoms. The average molecular weight is 366 g/mol. The highest BCUT2D eigenvalue weighted by Crippen LogP contribution is 2.18. The summed E-state index contributed by atoms with van der Waals surface area (Å²) in [6.07, 6.45) is -0.286. The molecule has 5 heteroatoms. The molecule has 116 valence electrons. The standard InChI is InChI=1S/C17H17BrFNO2/c1-11(16(21)9-12-5-3-2-4-6-12)20-17(22)14-10-13(19)7-8-15(14)18/h2-8,10-11,16,21H,9H2,1H3,(H,20,22). The van der Waals surface area contributed by atoms with E-state index in [0.29, 0.717) is 10.9 Å². The summed E-state index contributed by atoms with van der Waals surface area (Å²) in [4.78, 5) is 12.2. The van der Waals surface area contributed by atoms with Crippen LogP contribution >= 0.6 is 15.9 Å². The lowest BCUT2D eigenvalue weighted by Crippen LogP contribution is -2.42. The van der Waals surface area contributed by atoms with E-state index in [1.807, 2.05) is 30.3 Å². The molecule has 0 saturated heterocycles. The van der Waals surface area contributed by atoms with Crippen LogP contribution < -0.4 is 5.32 Å². The molecule has 0 saturated carbocycles. The van der Waals surface area contributed by atoms with Crippen molar-refractivity contribution >= 4 is 21.8 Å². The van der Waals surface area contributed by atoms with Gasteiger partial charge in [0.05, 0.1) is 17.7 Å². The molecule has 2 aromatic carbocycles. The van der Waals surface area contributed by atoms with Gasteiger partial charge in [-0.1, -0.05) is 30.3 Å². The highest BCUT2D eigenvalue weighted by molar-refractivity contribution is 9.10. The number of nitrogens with one attached hydrogen (secondary N) is 1. The molecule has 0 aromatic heterocycles. The monoisotopic (exact) mass is 365 g/mol. The summed E-state index contributed by atoms with van der Waals surface area (Å²) >= 11 is 3.22. The number of aliphatic hydroxyl groups is 1. The number of hydrogen-bond donors (Lipinski definition) is 2. The van der Waals surface area contributed by atoms with E-state index >= 15 is 0 Å². The Morgan fingerprint density at radius 1 is 1.27 bits per heavy atom. The minimum absolute atomic E-state index is 0.207. The Bertz CT molecular complexity index is 648. The van der Waals surface area contributed by atoms with Crippen molar-refractivity contribution in [2.75, 3.05) is 0 Å². The van der Waals surface area contributed by atoms with Gasteiger partial charge in [-0.3, -0.25) is 4.79 Å². The van der Waals surface area contributed by atoms with E-state index in [-0.39, 0.29) is 5.56 Å². The van der Waals surface area contributed by atoms with Crippen molar-refractivity contribution in [2.45, 2.75) is 25.5 Å². The number of amides is 1. The number of rotatable bonds is 5. The maximum absolute atomic E-state index is 13.2. The van der Waals surface area contributed by atoms with Crippen LogP contribution in [0.4, 0.5) is 4.39 Å². The van der Waals surface area contributed by atoms with Gasteiger partial charge in [0, 0.05) is 10.9 Å². The fourth-order valence-corrected chi connectivity index (χ4v) is 2.51. The van der Waals surface area contributed by atoms with Gasteiger partial charge in [-0.05, 0) is 46.6 Å². The molecule has 2 aromatic rings. The van der Waals surface area contributed by atoms with E-state index in [9.17, 15) is 14.3 Å². The van der Waals surface area contributed by atoms with Gasteiger partial charge < -0.3 is 10.4 Å². The van der Waals surface area contributed by atoms with Crippen molar-refractivity contribution < 1.29 is 14.3 Å². The van der Waals surface area contributed by atoms with Crippen LogP contribution in [0, 0.1) is 5.82 Å². The molecular formula is C17H17BrFNO2. The lowest BCUT2D eigenvalue weighted by atomic mass is 10.0. The van der Waals surface area contributed by atoms with E-state index in [2.05, 4.69) is 21.2 Å². The molecule has 0 spiro atoms. The summed E-state index contributed by atoms with van der Waals surface area (Å²) in [6, 6.07) is 13.0. The number of aliphatic hydroxyl groups excluding tert-OH is 1. The maximum atomic E-state index is 13.2. The molecule has 2 unspecified atom stereocenters. The summed E-state index contributed by atoms with van der Waals surface area (Å²) < 4.78 is 13.8. The van der Waals surface area contributed by atoms with Gasteiger partial charge in [0.15, 0.2) is 0 Å². The Labute approximate surface area is 137 Å². The molecular weight excluding hydrogens is 349 g/mol. The first-order valence-electron chi connectivity index (χ1n) is 6.95. The summed E-state index contributed by atoms with van der Waals surface area (Å²) in [7, 11) is 0. The topological polar surface area (TPSA) is 49.3 Å². The first-order valence-corrected chi connectivity index (χ1v) is 7.74. The zero-order valence-electron chi connectivity index (χ0n) is 12.1. The molecule has 1 amide bonds. The predicted molar refractivity (Wildman–Crippen MR) is 87.2 cm³/mol. The van der Waals surface area contributed by atoms with Gasteiger partial charge in [-0.15, -0.1) is 0 Å². The third kappa shape index (κ3) is 4.39. The van der Waals surface area contributed by atoms with E-state index in [1.54, 1.807) is 6.92 Å². The highest BCUT2D eigenvalue weighted by atomic mass is 79.9. The summed E-state index contributed by atoms with van der Waals surface area (Å²) in [6.45, 7) is 1.72. The molecule has 3 nitrogen and oxygen atoms in total. The van der Waals surface area contributed by atoms with Crippen LogP contribution in [0.3, 0.4) is 0 Å². The second kappa shape index (κ2) is 7.51. The number of halogens is 2. The normalized spacial score (nSPS) is 13.5. The molecule has 22 heavy (non-hydrogen) atoms. The van der Waals surface area contributed by atoms with Crippen LogP contribution in [-0.2, 0) is 6.42 Å². The van der Waals surface area contributed by atoms with Crippen LogP contribution in [0.2, 0.25) is 0 Å². The zero-order chi connectivity index (χ0) is 16.1. The Hall–Kier alpha value is -1.72. The molecule has 2 N–H and O–H groups in total. The average Bonchev–Trinajstić information content (AvgIpc) is 2.50. The van der Waals surface area contributed by atoms with Crippen molar-refractivity contribution in [1.29, 1.82) is 0 Å². The van der Waals surface area contributed by atoms with Gasteiger partial charge >= 0.3 is 0 Å². The van der Waals surface area contributed by atoms with Crippen molar-refractivity contribution in [3.8, 4) is 0 Å². The van der Waals surface area contributed by atoms with E-state index < -0.39 is 23.9 Å². The molecule has 0 aliphatic rings. The van der Waals surface area contributed by atoms with Gasteiger partial charge in [0.1, 0.15) is 5.82 Å². The largest absolute Gasteiger partial charge is 0.391 e. The first-order chi connectivity index (χ1) is 10.5. The molecule has 0 aliphatic heterocycles. The van der Waals surface area contributed by atoms with E-state index in [1.165, 1.54) is 12.1 Å². The lowest BCUT2D eigenvalue weighted by Gasteiger charge is -2.20. The van der Waals surface area contributed by atoms with Gasteiger partial charge in [-0.25, -0.2) is 4.39 Å². The molecule has 0 heterocycles. The fraction of sp³-hybridized carbons (Fsp3) is 0.235. The lowest BCUT2D eigenvalue weighted by molar-refractivity contribution is 0.0850. The fourth-order valence-electron chi connectivity index (χ4n) is 2.08. The quantitative estimate of drug-likeness (QED) is 0.853. The molecule has 0 aliphatic carbocycles. The van der Waals surface area contributed by atoms with Crippen molar-refractivity contribution in [1.82, 2.24) is 5.32 Å². The highest BCUT2D eigenvalue weighted by Gasteiger charge is 2.19. The van der Waals surface area contributed by atoms with Crippen LogP contribution in [0.15, 0.2) is 53.0 Å². The van der Waals surface area contributed by atoms with Gasteiger partial charge in [-0.2, -0.15) is 0 Å². The van der Waals surface area contributed by atoms with Crippen LogP contribution in [0.5, 0.6) is 0 Å². The molecule has 0 radical (unpaired) electrons. The Kier molecular flexibility index (Phi) is 5.69. The van der Waals surface area contributed by atoms with Crippen molar-refractivity contribution in [3.63, 3.8) is 0 Å². The van der Waals surface area contributed by atoms with Gasteiger partial charge in [0.2, 0.25) is 0 Å². The van der Waals surface area contributed by atoms with Crippen LogP contribution in [-0.4, -0.2) is 23.2 Å². The van der Waals surface area contributed by atoms with E-state index in [4.69, 9.17) is 0 Å². The second-order valence-corrected chi connectivity index (χ2v) is 6.00. The van der Waals surface area contributed by atoms with Gasteiger partial charge in [0.25, 0.3) is 5.91 Å². The SMILES string of the molecule is CC(NC(=O)c1cc(F)ccc1Br)C(O)Cc1ccccc1. The Morgan fingerprint density at radius 3 is 2.64 bits per heavy atom. The minimum atomic E-state index is -0.723.